The highest BCUT2D eigenvalue weighted by Crippen LogP contribution is 2.43. The lowest BCUT2D eigenvalue weighted by Gasteiger charge is -2.24. The summed E-state index contributed by atoms with van der Waals surface area (Å²) in [5.41, 5.74) is 1.23. The molecule has 2 heterocycles. The third-order valence-corrected chi connectivity index (χ3v) is 3.73. The van der Waals surface area contributed by atoms with E-state index in [0.717, 1.165) is 22.5 Å². The van der Waals surface area contributed by atoms with E-state index < -0.39 is 0 Å². The summed E-state index contributed by atoms with van der Waals surface area (Å²) in [6.07, 6.45) is 2.41. The van der Waals surface area contributed by atoms with Gasteiger partial charge in [0.15, 0.2) is 11.5 Å². The van der Waals surface area contributed by atoms with Crippen molar-refractivity contribution in [1.29, 1.82) is 0 Å². The van der Waals surface area contributed by atoms with Crippen molar-refractivity contribution < 1.29 is 9.47 Å². The highest BCUT2D eigenvalue weighted by Gasteiger charge is 2.25. The van der Waals surface area contributed by atoms with Crippen LogP contribution in [0, 0.1) is 0 Å². The van der Waals surface area contributed by atoms with Gasteiger partial charge in [0.1, 0.15) is 13.2 Å². The number of hydrogen-bond donors (Lipinski definition) is 1. The fourth-order valence-corrected chi connectivity index (χ4v) is 2.78. The Morgan fingerprint density at radius 1 is 1.19 bits per heavy atom. The minimum atomic E-state index is 0.420. The first-order chi connectivity index (χ1) is 7.86. The molecule has 86 valence electrons. The van der Waals surface area contributed by atoms with Gasteiger partial charge < -0.3 is 14.8 Å². The van der Waals surface area contributed by atoms with Gasteiger partial charge in [-0.15, -0.1) is 0 Å². The summed E-state index contributed by atoms with van der Waals surface area (Å²) in [4.78, 5) is 0. The Labute approximate surface area is 103 Å². The van der Waals surface area contributed by atoms with Crippen LogP contribution >= 0.6 is 15.9 Å². The number of hydrogen-bond acceptors (Lipinski definition) is 3. The molecule has 0 amide bonds. The van der Waals surface area contributed by atoms with E-state index in [9.17, 15) is 0 Å². The summed E-state index contributed by atoms with van der Waals surface area (Å²) in [5.74, 6) is 1.78. The number of nitrogens with one attached hydrogen (secondary N) is 1. The van der Waals surface area contributed by atoms with Crippen molar-refractivity contribution in [2.24, 2.45) is 0 Å². The van der Waals surface area contributed by atoms with Crippen LogP contribution in [-0.4, -0.2) is 19.8 Å². The molecule has 1 aromatic rings. The first kappa shape index (κ1) is 10.4. The molecule has 0 radical (unpaired) electrons. The highest BCUT2D eigenvalue weighted by atomic mass is 79.9. The molecular weight excluding hydrogens is 270 g/mol. The predicted molar refractivity (Wildman–Crippen MR) is 65.1 cm³/mol. The smallest absolute Gasteiger partial charge is 0.175 e. The van der Waals surface area contributed by atoms with Gasteiger partial charge >= 0.3 is 0 Å². The monoisotopic (exact) mass is 283 g/mol. The fraction of sp³-hybridized carbons (Fsp3) is 0.500. The topological polar surface area (TPSA) is 30.5 Å². The van der Waals surface area contributed by atoms with Crippen LogP contribution in [0.15, 0.2) is 16.6 Å². The maximum absolute atomic E-state index is 5.75. The molecule has 0 aromatic heterocycles. The van der Waals surface area contributed by atoms with Gasteiger partial charge in [0.05, 0.1) is 4.47 Å². The van der Waals surface area contributed by atoms with E-state index in [0.29, 0.717) is 19.3 Å². The van der Waals surface area contributed by atoms with Crippen molar-refractivity contribution in [2.75, 3.05) is 19.8 Å². The minimum Gasteiger partial charge on any atom is -0.486 e. The van der Waals surface area contributed by atoms with Crippen LogP contribution < -0.4 is 14.8 Å². The third kappa shape index (κ3) is 1.70. The first-order valence-corrected chi connectivity index (χ1v) is 6.47. The molecule has 1 N–H and O–H groups in total. The van der Waals surface area contributed by atoms with Crippen molar-refractivity contribution in [3.05, 3.63) is 22.2 Å². The van der Waals surface area contributed by atoms with Crippen LogP contribution in [0.25, 0.3) is 0 Å². The molecule has 0 bridgehead atoms. The van der Waals surface area contributed by atoms with Crippen molar-refractivity contribution in [3.8, 4) is 11.5 Å². The SMILES string of the molecule is Brc1ccc(C2CCCN2)c2c1OCCO2. The lowest BCUT2D eigenvalue weighted by molar-refractivity contribution is 0.167. The molecule has 2 aliphatic rings. The zero-order valence-electron chi connectivity index (χ0n) is 8.96. The van der Waals surface area contributed by atoms with Crippen molar-refractivity contribution in [3.63, 3.8) is 0 Å². The lowest BCUT2D eigenvalue weighted by Crippen LogP contribution is -2.20. The van der Waals surface area contributed by atoms with Crippen LogP contribution in [0.2, 0.25) is 0 Å². The summed E-state index contributed by atoms with van der Waals surface area (Å²) in [6.45, 7) is 2.37. The molecule has 0 spiro atoms. The zero-order chi connectivity index (χ0) is 11.0. The van der Waals surface area contributed by atoms with Gasteiger partial charge in [0, 0.05) is 11.6 Å². The largest absolute Gasteiger partial charge is 0.486 e. The Morgan fingerprint density at radius 3 is 2.75 bits per heavy atom. The van der Waals surface area contributed by atoms with E-state index in [-0.39, 0.29) is 0 Å². The summed E-state index contributed by atoms with van der Waals surface area (Å²) in [7, 11) is 0. The van der Waals surface area contributed by atoms with Crippen LogP contribution in [0.5, 0.6) is 11.5 Å². The van der Waals surface area contributed by atoms with E-state index in [2.05, 4.69) is 27.3 Å². The van der Waals surface area contributed by atoms with Crippen LogP contribution in [0.3, 0.4) is 0 Å². The first-order valence-electron chi connectivity index (χ1n) is 5.67. The van der Waals surface area contributed by atoms with E-state index in [4.69, 9.17) is 9.47 Å². The van der Waals surface area contributed by atoms with E-state index in [1.807, 2.05) is 6.07 Å². The Hall–Kier alpha value is -0.740. The molecule has 1 unspecified atom stereocenters. The number of halogens is 1. The van der Waals surface area contributed by atoms with E-state index in [1.54, 1.807) is 0 Å². The Bertz CT molecular complexity index is 402. The number of rotatable bonds is 1. The van der Waals surface area contributed by atoms with Gasteiger partial charge in [-0.25, -0.2) is 0 Å². The molecular formula is C12H14BrNO2. The van der Waals surface area contributed by atoms with Crippen molar-refractivity contribution in [1.82, 2.24) is 5.32 Å². The second kappa shape index (κ2) is 4.26. The van der Waals surface area contributed by atoms with Crippen molar-refractivity contribution in [2.45, 2.75) is 18.9 Å². The third-order valence-electron chi connectivity index (χ3n) is 3.11. The van der Waals surface area contributed by atoms with E-state index in [1.165, 1.54) is 18.4 Å². The molecule has 0 saturated carbocycles. The molecule has 1 fully saturated rings. The van der Waals surface area contributed by atoms with Crippen molar-refractivity contribution >= 4 is 15.9 Å². The Kier molecular flexibility index (Phi) is 2.77. The number of benzene rings is 1. The minimum absolute atomic E-state index is 0.420. The normalized spacial score (nSPS) is 23.4. The Balaban J connectivity index is 2.04. The standard InChI is InChI=1S/C12H14BrNO2/c13-9-4-3-8(10-2-1-5-14-10)11-12(9)16-7-6-15-11/h3-4,10,14H,1-2,5-7H2. The van der Waals surface area contributed by atoms with Crippen LogP contribution in [0.1, 0.15) is 24.4 Å². The maximum atomic E-state index is 5.75. The second-order valence-corrected chi connectivity index (χ2v) is 5.00. The molecule has 4 heteroatoms. The lowest BCUT2D eigenvalue weighted by atomic mass is 10.0. The average Bonchev–Trinajstić information content (AvgIpc) is 2.83. The molecule has 16 heavy (non-hydrogen) atoms. The van der Waals surface area contributed by atoms with E-state index >= 15 is 0 Å². The maximum Gasteiger partial charge on any atom is 0.175 e. The summed E-state index contributed by atoms with van der Waals surface area (Å²) < 4.78 is 12.4. The predicted octanol–water partition coefficient (Wildman–Crippen LogP) is 2.64. The summed E-state index contributed by atoms with van der Waals surface area (Å²) in [6, 6.07) is 4.59. The fourth-order valence-electron chi connectivity index (χ4n) is 2.35. The molecule has 3 rings (SSSR count). The van der Waals surface area contributed by atoms with Gasteiger partial charge in [-0.1, -0.05) is 6.07 Å². The molecule has 1 atom stereocenters. The zero-order valence-corrected chi connectivity index (χ0v) is 10.5. The van der Waals surface area contributed by atoms with Crippen LogP contribution in [0.4, 0.5) is 0 Å². The molecule has 1 aromatic carbocycles. The quantitative estimate of drug-likeness (QED) is 0.860. The summed E-state index contributed by atoms with van der Waals surface area (Å²) in [5, 5.41) is 3.49. The average molecular weight is 284 g/mol. The number of ether oxygens (including phenoxy) is 2. The molecule has 0 aliphatic carbocycles. The number of fused-ring (bicyclic) bond motifs is 1. The molecule has 2 aliphatic heterocycles. The van der Waals surface area contributed by atoms with Gasteiger partial charge in [0.25, 0.3) is 0 Å². The van der Waals surface area contributed by atoms with Gasteiger partial charge in [-0.2, -0.15) is 0 Å². The highest BCUT2D eigenvalue weighted by molar-refractivity contribution is 9.10. The summed E-state index contributed by atoms with van der Waals surface area (Å²) >= 11 is 3.50. The molecule has 1 saturated heterocycles. The Morgan fingerprint density at radius 2 is 2.00 bits per heavy atom. The second-order valence-electron chi connectivity index (χ2n) is 4.14. The molecule has 3 nitrogen and oxygen atoms in total. The van der Waals surface area contributed by atoms with Gasteiger partial charge in [-0.3, -0.25) is 0 Å². The van der Waals surface area contributed by atoms with Crippen LogP contribution in [-0.2, 0) is 0 Å². The van der Waals surface area contributed by atoms with Gasteiger partial charge in [-0.05, 0) is 41.4 Å². The van der Waals surface area contributed by atoms with Gasteiger partial charge in [0.2, 0.25) is 0 Å².